The number of hydrogen-bond acceptors (Lipinski definition) is 3. The van der Waals surface area contributed by atoms with Crippen LogP contribution in [0.5, 0.6) is 0 Å². The third-order valence-electron chi connectivity index (χ3n) is 3.56. The molecule has 0 unspecified atom stereocenters. The third-order valence-corrected chi connectivity index (χ3v) is 3.56. The van der Waals surface area contributed by atoms with E-state index < -0.39 is 0 Å². The van der Waals surface area contributed by atoms with Crippen molar-refractivity contribution in [2.45, 2.75) is 0 Å². The second kappa shape index (κ2) is 5.46. The van der Waals surface area contributed by atoms with Crippen molar-refractivity contribution < 1.29 is 9.21 Å². The van der Waals surface area contributed by atoms with Gasteiger partial charge in [-0.15, -0.1) is 0 Å². The molecule has 0 atom stereocenters. The number of imidazole rings is 1. The van der Waals surface area contributed by atoms with Crippen LogP contribution in [0, 0.1) is 0 Å². The Morgan fingerprint density at radius 1 is 1.09 bits per heavy atom. The van der Waals surface area contributed by atoms with Crippen LogP contribution in [0.15, 0.2) is 77.7 Å². The van der Waals surface area contributed by atoms with Gasteiger partial charge < -0.3 is 9.73 Å². The summed E-state index contributed by atoms with van der Waals surface area (Å²) in [7, 11) is 0. The summed E-state index contributed by atoms with van der Waals surface area (Å²) < 4.78 is 7.47. The summed E-state index contributed by atoms with van der Waals surface area (Å²) in [5.41, 5.74) is 2.85. The number of anilines is 1. The number of rotatable bonds is 3. The zero-order valence-electron chi connectivity index (χ0n) is 12.1. The summed E-state index contributed by atoms with van der Waals surface area (Å²) in [4.78, 5) is 16.6. The first kappa shape index (κ1) is 13.3. The SMILES string of the molecule is O=C(Nc1ccccc1)c1coc(-c2cnc3ccccn23)c1. The predicted molar refractivity (Wildman–Crippen MR) is 87.3 cm³/mol. The van der Waals surface area contributed by atoms with Crippen LogP contribution < -0.4 is 5.32 Å². The van der Waals surface area contributed by atoms with E-state index in [0.29, 0.717) is 11.3 Å². The number of carbonyl (C=O) groups is 1. The number of benzene rings is 1. The molecule has 3 heterocycles. The first-order valence-corrected chi connectivity index (χ1v) is 7.19. The molecule has 0 fully saturated rings. The lowest BCUT2D eigenvalue weighted by molar-refractivity contribution is 0.102. The molecule has 112 valence electrons. The Kier molecular flexibility index (Phi) is 3.16. The smallest absolute Gasteiger partial charge is 0.258 e. The van der Waals surface area contributed by atoms with Crippen molar-refractivity contribution >= 4 is 17.2 Å². The molecule has 1 aromatic carbocycles. The maximum Gasteiger partial charge on any atom is 0.258 e. The van der Waals surface area contributed by atoms with Gasteiger partial charge in [0.15, 0.2) is 5.76 Å². The first-order chi connectivity index (χ1) is 11.3. The summed E-state index contributed by atoms with van der Waals surface area (Å²) in [6.45, 7) is 0. The molecule has 0 saturated heterocycles. The van der Waals surface area contributed by atoms with Gasteiger partial charge in [0.1, 0.15) is 17.6 Å². The van der Waals surface area contributed by atoms with E-state index in [-0.39, 0.29) is 5.91 Å². The average Bonchev–Trinajstić information content (AvgIpc) is 3.22. The number of para-hydroxylation sites is 1. The maximum atomic E-state index is 12.3. The van der Waals surface area contributed by atoms with Gasteiger partial charge in [-0.2, -0.15) is 0 Å². The van der Waals surface area contributed by atoms with Crippen molar-refractivity contribution in [3.63, 3.8) is 0 Å². The fourth-order valence-electron chi connectivity index (χ4n) is 2.43. The number of furan rings is 1. The van der Waals surface area contributed by atoms with Crippen molar-refractivity contribution in [2.75, 3.05) is 5.32 Å². The standard InChI is InChI=1S/C18H13N3O2/c22-18(20-14-6-2-1-3-7-14)13-10-16(23-12-13)15-11-19-17-8-4-5-9-21(15)17/h1-12H,(H,20,22). The maximum absolute atomic E-state index is 12.3. The molecule has 0 radical (unpaired) electrons. The van der Waals surface area contributed by atoms with E-state index in [1.54, 1.807) is 12.3 Å². The summed E-state index contributed by atoms with van der Waals surface area (Å²) in [5.74, 6) is 0.391. The third kappa shape index (κ3) is 2.48. The number of amides is 1. The van der Waals surface area contributed by atoms with Crippen molar-refractivity contribution in [3.8, 4) is 11.5 Å². The van der Waals surface area contributed by atoms with E-state index in [2.05, 4.69) is 10.3 Å². The van der Waals surface area contributed by atoms with Crippen molar-refractivity contribution in [2.24, 2.45) is 0 Å². The molecule has 4 aromatic rings. The topological polar surface area (TPSA) is 59.5 Å². The lowest BCUT2D eigenvalue weighted by Crippen LogP contribution is -2.10. The highest BCUT2D eigenvalue weighted by Crippen LogP contribution is 2.23. The van der Waals surface area contributed by atoms with E-state index in [1.807, 2.05) is 59.1 Å². The van der Waals surface area contributed by atoms with Gasteiger partial charge >= 0.3 is 0 Å². The van der Waals surface area contributed by atoms with E-state index in [0.717, 1.165) is 17.0 Å². The van der Waals surface area contributed by atoms with Gasteiger partial charge in [-0.1, -0.05) is 24.3 Å². The van der Waals surface area contributed by atoms with Gasteiger partial charge in [0.05, 0.1) is 11.8 Å². The quantitative estimate of drug-likeness (QED) is 0.625. The van der Waals surface area contributed by atoms with Crippen LogP contribution in [-0.4, -0.2) is 15.3 Å². The highest BCUT2D eigenvalue weighted by atomic mass is 16.3. The Hall–Kier alpha value is -3.34. The Labute approximate surface area is 132 Å². The molecule has 1 N–H and O–H groups in total. The molecule has 5 nitrogen and oxygen atoms in total. The molecule has 0 aliphatic heterocycles. The van der Waals surface area contributed by atoms with E-state index >= 15 is 0 Å². The lowest BCUT2D eigenvalue weighted by atomic mass is 10.2. The molecule has 0 bridgehead atoms. The minimum atomic E-state index is -0.208. The Morgan fingerprint density at radius 3 is 2.78 bits per heavy atom. The number of aromatic nitrogens is 2. The predicted octanol–water partition coefficient (Wildman–Crippen LogP) is 3.85. The molecule has 0 spiro atoms. The summed E-state index contributed by atoms with van der Waals surface area (Å²) >= 11 is 0. The van der Waals surface area contributed by atoms with Gasteiger partial charge in [0.25, 0.3) is 5.91 Å². The van der Waals surface area contributed by atoms with Gasteiger partial charge in [-0.05, 0) is 30.3 Å². The Morgan fingerprint density at radius 2 is 1.91 bits per heavy atom. The fourth-order valence-corrected chi connectivity index (χ4v) is 2.43. The minimum absolute atomic E-state index is 0.208. The number of carbonyl (C=O) groups excluding carboxylic acids is 1. The lowest BCUT2D eigenvalue weighted by Gasteiger charge is -2.01. The molecule has 3 aromatic heterocycles. The molecule has 1 amide bonds. The number of hydrogen-bond donors (Lipinski definition) is 1. The fraction of sp³-hybridized carbons (Fsp3) is 0. The number of pyridine rings is 1. The molecule has 5 heteroatoms. The average molecular weight is 303 g/mol. The zero-order valence-corrected chi connectivity index (χ0v) is 12.1. The molecule has 23 heavy (non-hydrogen) atoms. The minimum Gasteiger partial charge on any atom is -0.462 e. The van der Waals surface area contributed by atoms with Gasteiger partial charge in [0, 0.05) is 11.9 Å². The highest BCUT2D eigenvalue weighted by Gasteiger charge is 2.14. The molecule has 0 aliphatic carbocycles. The van der Waals surface area contributed by atoms with Crippen LogP contribution in [0.4, 0.5) is 5.69 Å². The molecule has 4 rings (SSSR count). The molecular weight excluding hydrogens is 290 g/mol. The molecular formula is C18H13N3O2. The highest BCUT2D eigenvalue weighted by molar-refractivity contribution is 6.04. The monoisotopic (exact) mass is 303 g/mol. The van der Waals surface area contributed by atoms with Crippen LogP contribution in [0.1, 0.15) is 10.4 Å². The van der Waals surface area contributed by atoms with Crippen molar-refractivity contribution in [1.82, 2.24) is 9.38 Å². The zero-order chi connectivity index (χ0) is 15.6. The largest absolute Gasteiger partial charge is 0.462 e. The van der Waals surface area contributed by atoms with E-state index in [4.69, 9.17) is 4.42 Å². The van der Waals surface area contributed by atoms with Gasteiger partial charge in [-0.25, -0.2) is 4.98 Å². The Balaban J connectivity index is 1.63. The van der Waals surface area contributed by atoms with E-state index in [1.165, 1.54) is 6.26 Å². The number of nitrogens with zero attached hydrogens (tertiary/aromatic N) is 2. The van der Waals surface area contributed by atoms with Crippen LogP contribution in [0.2, 0.25) is 0 Å². The van der Waals surface area contributed by atoms with Crippen LogP contribution >= 0.6 is 0 Å². The summed E-state index contributed by atoms with van der Waals surface area (Å²) in [6.07, 6.45) is 5.09. The van der Waals surface area contributed by atoms with Gasteiger partial charge in [-0.3, -0.25) is 9.20 Å². The Bertz CT molecular complexity index is 970. The normalized spacial score (nSPS) is 10.8. The van der Waals surface area contributed by atoms with E-state index in [9.17, 15) is 4.79 Å². The van der Waals surface area contributed by atoms with Crippen LogP contribution in [0.25, 0.3) is 17.1 Å². The van der Waals surface area contributed by atoms with Gasteiger partial charge in [0.2, 0.25) is 0 Å². The summed E-state index contributed by atoms with van der Waals surface area (Å²) in [5, 5.41) is 2.83. The van der Waals surface area contributed by atoms with Crippen molar-refractivity contribution in [1.29, 1.82) is 0 Å². The second-order valence-corrected chi connectivity index (χ2v) is 5.09. The number of fused-ring (bicyclic) bond motifs is 1. The van der Waals surface area contributed by atoms with Crippen molar-refractivity contribution in [3.05, 3.63) is 78.8 Å². The summed E-state index contributed by atoms with van der Waals surface area (Å²) in [6, 6.07) is 16.8. The molecule has 0 saturated carbocycles. The molecule has 0 aliphatic rings. The first-order valence-electron chi connectivity index (χ1n) is 7.19. The number of nitrogens with one attached hydrogen (secondary N) is 1. The van der Waals surface area contributed by atoms with Crippen LogP contribution in [0.3, 0.4) is 0 Å². The second-order valence-electron chi connectivity index (χ2n) is 5.09. The van der Waals surface area contributed by atoms with Crippen LogP contribution in [-0.2, 0) is 0 Å².